The molecule has 0 N–H and O–H groups in total. The molecule has 2 atom stereocenters. The van der Waals surface area contributed by atoms with Crippen molar-refractivity contribution in [3.05, 3.63) is 0 Å². The van der Waals surface area contributed by atoms with Gasteiger partial charge < -0.3 is 0 Å². The summed E-state index contributed by atoms with van der Waals surface area (Å²) in [6.45, 7) is 0. The second-order valence-electron chi connectivity index (χ2n) is 3.52. The van der Waals surface area contributed by atoms with Gasteiger partial charge in [-0.15, -0.1) is 0 Å². The first-order valence-electron chi connectivity index (χ1n) is 4.52. The first-order valence-corrected chi connectivity index (χ1v) is 6.72. The average molecular weight is 217 g/mol. The molecule has 0 spiro atoms. The fraction of sp³-hybridized carbons (Fsp3) is 0.889. The van der Waals surface area contributed by atoms with Crippen LogP contribution < -0.4 is 0 Å². The van der Waals surface area contributed by atoms with Crippen LogP contribution in [0.2, 0.25) is 10.1 Å². The molecular weight excluding hydrogens is 203 g/mol. The monoisotopic (exact) mass is 218 g/mol. The summed E-state index contributed by atoms with van der Waals surface area (Å²) in [6, 6.07) is 0. The second-order valence-corrected chi connectivity index (χ2v) is 6.34. The standard InChI is InChI=1S/C9H14OSe/c10-8-5-6-11-9-4-2-1-3-7(8)9/h7,9H,1-6H2. The van der Waals surface area contributed by atoms with Gasteiger partial charge in [0.05, 0.1) is 0 Å². The molecule has 1 aliphatic heterocycles. The van der Waals surface area contributed by atoms with Gasteiger partial charge in [-0.25, -0.2) is 0 Å². The quantitative estimate of drug-likeness (QED) is 0.567. The van der Waals surface area contributed by atoms with E-state index in [0.717, 1.165) is 26.2 Å². The summed E-state index contributed by atoms with van der Waals surface area (Å²) in [7, 11) is 0. The topological polar surface area (TPSA) is 17.1 Å². The molecule has 0 aromatic rings. The Morgan fingerprint density at radius 1 is 1.27 bits per heavy atom. The van der Waals surface area contributed by atoms with Crippen LogP contribution in [-0.2, 0) is 4.79 Å². The van der Waals surface area contributed by atoms with E-state index in [1.54, 1.807) is 0 Å². The number of carbonyl (C=O) groups excluding carboxylic acids is 1. The summed E-state index contributed by atoms with van der Waals surface area (Å²) in [4.78, 5) is 12.3. The van der Waals surface area contributed by atoms with Crippen LogP contribution in [0.4, 0.5) is 0 Å². The molecule has 62 valence electrons. The Hall–Kier alpha value is 0.189. The third-order valence-electron chi connectivity index (χ3n) is 2.80. The Morgan fingerprint density at radius 3 is 2.91 bits per heavy atom. The molecule has 0 amide bonds. The van der Waals surface area contributed by atoms with Crippen molar-refractivity contribution in [3.8, 4) is 0 Å². The second kappa shape index (κ2) is 3.28. The van der Waals surface area contributed by atoms with Gasteiger partial charge in [0.15, 0.2) is 0 Å². The summed E-state index contributed by atoms with van der Waals surface area (Å²) >= 11 is 0.805. The molecular formula is C9H14OSe. The van der Waals surface area contributed by atoms with E-state index < -0.39 is 0 Å². The van der Waals surface area contributed by atoms with Gasteiger partial charge in [-0.1, -0.05) is 0 Å². The Morgan fingerprint density at radius 2 is 2.09 bits per heavy atom. The predicted molar refractivity (Wildman–Crippen MR) is 45.9 cm³/mol. The number of carbonyl (C=O) groups is 1. The molecule has 1 saturated heterocycles. The van der Waals surface area contributed by atoms with Crippen LogP contribution in [0.5, 0.6) is 0 Å². The zero-order valence-corrected chi connectivity index (χ0v) is 8.43. The third kappa shape index (κ3) is 1.52. The van der Waals surface area contributed by atoms with Crippen molar-refractivity contribution in [3.63, 3.8) is 0 Å². The molecule has 0 bridgehead atoms. The normalized spacial score (nSPS) is 38.4. The van der Waals surface area contributed by atoms with E-state index >= 15 is 0 Å². The summed E-state index contributed by atoms with van der Waals surface area (Å²) in [6.07, 6.45) is 6.17. The van der Waals surface area contributed by atoms with Crippen LogP contribution in [-0.4, -0.2) is 20.7 Å². The zero-order chi connectivity index (χ0) is 7.68. The number of hydrogen-bond donors (Lipinski definition) is 0. The predicted octanol–water partition coefficient (Wildman–Crippen LogP) is 2.06. The maximum absolute atomic E-state index is 11.4. The molecule has 11 heavy (non-hydrogen) atoms. The first kappa shape index (κ1) is 7.82. The van der Waals surface area contributed by atoms with E-state index in [-0.39, 0.29) is 0 Å². The van der Waals surface area contributed by atoms with E-state index in [9.17, 15) is 4.79 Å². The van der Waals surface area contributed by atoms with Crippen molar-refractivity contribution >= 4 is 20.7 Å². The van der Waals surface area contributed by atoms with Crippen molar-refractivity contribution < 1.29 is 4.79 Å². The number of Topliss-reactive ketones (excluding diaryl/α,β-unsaturated/α-hetero) is 1. The molecule has 0 radical (unpaired) electrons. The van der Waals surface area contributed by atoms with Gasteiger partial charge >= 0.3 is 73.7 Å². The Bertz CT molecular complexity index is 165. The minimum atomic E-state index is 0.512. The van der Waals surface area contributed by atoms with Crippen molar-refractivity contribution in [1.29, 1.82) is 0 Å². The molecule has 2 rings (SSSR count). The molecule has 1 aliphatic carbocycles. The molecule has 1 heterocycles. The number of rotatable bonds is 0. The van der Waals surface area contributed by atoms with Gasteiger partial charge in [-0.05, 0) is 0 Å². The molecule has 2 fully saturated rings. The maximum atomic E-state index is 11.4. The molecule has 0 aromatic carbocycles. The molecule has 1 nitrogen and oxygen atoms in total. The SMILES string of the molecule is O=C1CC[Se]C2CCCCC12. The average Bonchev–Trinajstić information content (AvgIpc) is 2.06. The molecule has 1 saturated carbocycles. The van der Waals surface area contributed by atoms with Gasteiger partial charge in [0, 0.05) is 0 Å². The van der Waals surface area contributed by atoms with Gasteiger partial charge in [-0.2, -0.15) is 0 Å². The molecule has 0 aromatic heterocycles. The number of hydrogen-bond acceptors (Lipinski definition) is 1. The number of ketones is 1. The van der Waals surface area contributed by atoms with Crippen LogP contribution in [0.25, 0.3) is 0 Å². The fourth-order valence-electron chi connectivity index (χ4n) is 2.16. The fourth-order valence-corrected chi connectivity index (χ4v) is 5.26. The summed E-state index contributed by atoms with van der Waals surface area (Å²) < 4.78 is 0. The summed E-state index contributed by atoms with van der Waals surface area (Å²) in [5, 5.41) is 1.23. The third-order valence-corrected chi connectivity index (χ3v) is 5.80. The van der Waals surface area contributed by atoms with E-state index in [1.165, 1.54) is 31.0 Å². The van der Waals surface area contributed by atoms with E-state index in [1.807, 2.05) is 0 Å². The summed E-state index contributed by atoms with van der Waals surface area (Å²) in [5.74, 6) is 1.10. The van der Waals surface area contributed by atoms with E-state index in [0.29, 0.717) is 11.7 Å². The number of fused-ring (bicyclic) bond motifs is 1. The van der Waals surface area contributed by atoms with Crippen molar-refractivity contribution in [2.24, 2.45) is 5.92 Å². The van der Waals surface area contributed by atoms with Crippen LogP contribution in [0.15, 0.2) is 0 Å². The first-order chi connectivity index (χ1) is 5.38. The van der Waals surface area contributed by atoms with Gasteiger partial charge in [0.25, 0.3) is 0 Å². The van der Waals surface area contributed by atoms with Crippen LogP contribution in [0.1, 0.15) is 32.1 Å². The Balaban J connectivity index is 2.05. The molecule has 2 aliphatic rings. The van der Waals surface area contributed by atoms with Crippen molar-refractivity contribution in [1.82, 2.24) is 0 Å². The molecule has 2 unspecified atom stereocenters. The van der Waals surface area contributed by atoms with E-state index in [4.69, 9.17) is 0 Å². The summed E-state index contributed by atoms with van der Waals surface area (Å²) in [5.41, 5.74) is 0. The van der Waals surface area contributed by atoms with Crippen LogP contribution in [0.3, 0.4) is 0 Å². The Kier molecular flexibility index (Phi) is 2.33. The van der Waals surface area contributed by atoms with E-state index in [2.05, 4.69) is 0 Å². The minimum absolute atomic E-state index is 0.512. The van der Waals surface area contributed by atoms with Gasteiger partial charge in [-0.3, -0.25) is 0 Å². The zero-order valence-electron chi connectivity index (χ0n) is 6.71. The van der Waals surface area contributed by atoms with Crippen LogP contribution in [0, 0.1) is 5.92 Å². The molecule has 2 heteroatoms. The van der Waals surface area contributed by atoms with Crippen molar-refractivity contribution in [2.45, 2.75) is 42.2 Å². The van der Waals surface area contributed by atoms with Crippen molar-refractivity contribution in [2.75, 3.05) is 0 Å². The van der Waals surface area contributed by atoms with Crippen LogP contribution >= 0.6 is 0 Å². The Labute approximate surface area is 74.1 Å². The van der Waals surface area contributed by atoms with Gasteiger partial charge in [0.2, 0.25) is 0 Å². The van der Waals surface area contributed by atoms with Gasteiger partial charge in [0.1, 0.15) is 0 Å².